The summed E-state index contributed by atoms with van der Waals surface area (Å²) in [6.07, 6.45) is 6.41. The second-order valence-corrected chi connectivity index (χ2v) is 11.5. The third-order valence-electron chi connectivity index (χ3n) is 9.11. The minimum absolute atomic E-state index is 0.966. The maximum absolute atomic E-state index is 6.39. The van der Waals surface area contributed by atoms with Gasteiger partial charge in [-0.3, -0.25) is 0 Å². The first-order chi connectivity index (χ1) is 21.3. The first kappa shape index (κ1) is 24.2. The second kappa shape index (κ2) is 9.58. The maximum Gasteiger partial charge on any atom is 0.135 e. The van der Waals surface area contributed by atoms with Crippen LogP contribution in [0.15, 0.2) is 144 Å². The molecule has 0 bridgehead atoms. The normalized spacial score (nSPS) is 12.8. The third kappa shape index (κ3) is 3.72. The van der Waals surface area contributed by atoms with Crippen molar-refractivity contribution in [3.05, 3.63) is 151 Å². The van der Waals surface area contributed by atoms with Gasteiger partial charge in [-0.25, -0.2) is 0 Å². The molecule has 0 saturated carbocycles. The number of furan rings is 1. The van der Waals surface area contributed by atoms with E-state index in [1.807, 2.05) is 0 Å². The van der Waals surface area contributed by atoms with E-state index in [9.17, 15) is 0 Å². The molecule has 0 fully saturated rings. The summed E-state index contributed by atoms with van der Waals surface area (Å²) in [4.78, 5) is 0. The van der Waals surface area contributed by atoms with E-state index in [0.29, 0.717) is 0 Å². The van der Waals surface area contributed by atoms with Crippen LogP contribution in [0, 0.1) is 0 Å². The van der Waals surface area contributed by atoms with Crippen molar-refractivity contribution >= 4 is 49.4 Å². The molecule has 7 aromatic carbocycles. The zero-order chi connectivity index (χ0) is 28.3. The van der Waals surface area contributed by atoms with Gasteiger partial charge in [0.15, 0.2) is 0 Å². The molecule has 0 radical (unpaired) electrons. The molecule has 202 valence electrons. The number of aryl methyl sites for hydroxylation is 1. The average Bonchev–Trinajstić information content (AvgIpc) is 3.46. The lowest BCUT2D eigenvalue weighted by Gasteiger charge is -2.20. The second-order valence-electron chi connectivity index (χ2n) is 11.5. The Morgan fingerprint density at radius 1 is 0.488 bits per heavy atom. The summed E-state index contributed by atoms with van der Waals surface area (Å²) in [5.74, 6) is 1.00. The van der Waals surface area contributed by atoms with Gasteiger partial charge in [0.25, 0.3) is 0 Å². The highest BCUT2D eigenvalue weighted by Crippen LogP contribution is 2.48. The van der Waals surface area contributed by atoms with Gasteiger partial charge in [0, 0.05) is 10.9 Å². The summed E-state index contributed by atoms with van der Waals surface area (Å²) < 4.78 is 6.39. The van der Waals surface area contributed by atoms with E-state index in [1.165, 1.54) is 76.6 Å². The summed E-state index contributed by atoms with van der Waals surface area (Å²) in [5, 5.41) is 8.82. The molecule has 9 rings (SSSR count). The summed E-state index contributed by atoms with van der Waals surface area (Å²) in [7, 11) is 0. The lowest BCUT2D eigenvalue weighted by molar-refractivity contribution is 0.595. The number of fused-ring (bicyclic) bond motifs is 6. The molecule has 0 amide bonds. The molecule has 0 spiro atoms. The molecule has 1 nitrogen and oxygen atoms in total. The van der Waals surface area contributed by atoms with Gasteiger partial charge in [0.05, 0.1) is 0 Å². The van der Waals surface area contributed by atoms with Crippen molar-refractivity contribution in [2.75, 3.05) is 0 Å². The Kier molecular flexibility index (Phi) is 5.39. The predicted molar refractivity (Wildman–Crippen MR) is 182 cm³/mol. The van der Waals surface area contributed by atoms with Crippen molar-refractivity contribution in [2.24, 2.45) is 0 Å². The molecule has 1 heterocycles. The fourth-order valence-electron chi connectivity index (χ4n) is 7.26. The van der Waals surface area contributed by atoms with Crippen molar-refractivity contribution in [1.29, 1.82) is 0 Å². The molecule has 0 unspecified atom stereocenters. The molecule has 8 aromatic rings. The number of allylic oxidation sites excluding steroid dienone is 1. The Morgan fingerprint density at radius 2 is 1.12 bits per heavy atom. The standard InChI is InChI=1S/C42H28O/c1-2-13-27(14-3-1)29-25-28-15-4-5-16-30(28)37(26-29)41-33-19-8-6-17-31(33)40(32-18-7-9-20-34(32)41)36-22-12-24-39-42(36)35-21-10-11-23-38(35)43-39/h1-9,11-20,22-26H,10,21H2. The topological polar surface area (TPSA) is 13.1 Å². The Morgan fingerprint density at radius 3 is 1.84 bits per heavy atom. The fourth-order valence-corrected chi connectivity index (χ4v) is 7.26. The summed E-state index contributed by atoms with van der Waals surface area (Å²) >= 11 is 0. The molecule has 0 aliphatic heterocycles. The number of rotatable bonds is 3. The molecular formula is C42H28O. The van der Waals surface area contributed by atoms with Crippen LogP contribution in [0.5, 0.6) is 0 Å². The molecule has 1 aromatic heterocycles. The van der Waals surface area contributed by atoms with Gasteiger partial charge in [0.1, 0.15) is 11.3 Å². The summed E-state index contributed by atoms with van der Waals surface area (Å²) in [6.45, 7) is 0. The van der Waals surface area contributed by atoms with Gasteiger partial charge >= 0.3 is 0 Å². The van der Waals surface area contributed by atoms with E-state index < -0.39 is 0 Å². The number of hydrogen-bond donors (Lipinski definition) is 0. The van der Waals surface area contributed by atoms with Crippen LogP contribution in [0.3, 0.4) is 0 Å². The third-order valence-corrected chi connectivity index (χ3v) is 9.11. The van der Waals surface area contributed by atoms with Gasteiger partial charge in [-0.15, -0.1) is 0 Å². The average molecular weight is 549 g/mol. The van der Waals surface area contributed by atoms with E-state index in [2.05, 4.69) is 146 Å². The van der Waals surface area contributed by atoms with Crippen molar-refractivity contribution in [2.45, 2.75) is 12.8 Å². The molecule has 43 heavy (non-hydrogen) atoms. The predicted octanol–water partition coefficient (Wildman–Crippen LogP) is 11.9. The molecule has 1 aliphatic carbocycles. The number of hydrogen-bond acceptors (Lipinski definition) is 1. The molecular weight excluding hydrogens is 520 g/mol. The summed E-state index contributed by atoms with van der Waals surface area (Å²) in [5.41, 5.74) is 9.83. The van der Waals surface area contributed by atoms with E-state index in [4.69, 9.17) is 4.42 Å². The van der Waals surface area contributed by atoms with Crippen LogP contribution in [0.1, 0.15) is 17.7 Å². The Labute approximate surface area is 250 Å². The minimum atomic E-state index is 0.966. The highest BCUT2D eigenvalue weighted by Gasteiger charge is 2.23. The van der Waals surface area contributed by atoms with E-state index >= 15 is 0 Å². The van der Waals surface area contributed by atoms with Gasteiger partial charge in [-0.2, -0.15) is 0 Å². The van der Waals surface area contributed by atoms with Crippen LogP contribution >= 0.6 is 0 Å². The first-order valence-corrected chi connectivity index (χ1v) is 15.1. The first-order valence-electron chi connectivity index (χ1n) is 15.1. The van der Waals surface area contributed by atoms with Gasteiger partial charge < -0.3 is 4.42 Å². The Bertz CT molecular complexity index is 2330. The van der Waals surface area contributed by atoms with Crippen LogP contribution in [0.4, 0.5) is 0 Å². The number of benzene rings is 7. The maximum atomic E-state index is 6.39. The largest absolute Gasteiger partial charge is 0.456 e. The van der Waals surface area contributed by atoms with Gasteiger partial charge in [0.2, 0.25) is 0 Å². The van der Waals surface area contributed by atoms with Crippen LogP contribution in [-0.4, -0.2) is 0 Å². The molecule has 0 saturated heterocycles. The fraction of sp³-hybridized carbons (Fsp3) is 0.0476. The zero-order valence-corrected chi connectivity index (χ0v) is 23.7. The van der Waals surface area contributed by atoms with Crippen LogP contribution in [-0.2, 0) is 6.42 Å². The monoisotopic (exact) mass is 548 g/mol. The van der Waals surface area contributed by atoms with Crippen LogP contribution < -0.4 is 0 Å². The highest BCUT2D eigenvalue weighted by atomic mass is 16.3. The van der Waals surface area contributed by atoms with Crippen molar-refractivity contribution in [3.63, 3.8) is 0 Å². The van der Waals surface area contributed by atoms with E-state index in [1.54, 1.807) is 0 Å². The molecule has 0 atom stereocenters. The summed E-state index contributed by atoms with van der Waals surface area (Å²) in [6, 6.07) is 48.7. The highest BCUT2D eigenvalue weighted by molar-refractivity contribution is 6.25. The van der Waals surface area contributed by atoms with Crippen LogP contribution in [0.2, 0.25) is 0 Å². The lowest BCUT2D eigenvalue weighted by atomic mass is 9.82. The van der Waals surface area contributed by atoms with Gasteiger partial charge in [-0.1, -0.05) is 121 Å². The quantitative estimate of drug-likeness (QED) is 0.200. The Hall–Kier alpha value is -5.40. The molecule has 1 heteroatoms. The minimum Gasteiger partial charge on any atom is -0.456 e. The van der Waals surface area contributed by atoms with Crippen molar-refractivity contribution in [1.82, 2.24) is 0 Å². The van der Waals surface area contributed by atoms with Crippen LogP contribution in [0.25, 0.3) is 82.7 Å². The smallest absolute Gasteiger partial charge is 0.135 e. The Balaban J connectivity index is 1.43. The van der Waals surface area contributed by atoms with Gasteiger partial charge in [-0.05, 0) is 103 Å². The SMILES string of the molecule is C1=Cc2oc3cccc(-c4c5ccccc5c(-c5cc(-c6ccccc6)cc6ccccc56)c5ccccc45)c3c2CC1. The molecule has 1 aliphatic rings. The van der Waals surface area contributed by atoms with Crippen molar-refractivity contribution < 1.29 is 4.42 Å². The van der Waals surface area contributed by atoms with E-state index in [-0.39, 0.29) is 0 Å². The van der Waals surface area contributed by atoms with Crippen molar-refractivity contribution in [3.8, 4) is 33.4 Å². The van der Waals surface area contributed by atoms with E-state index in [0.717, 1.165) is 24.2 Å². The molecule has 0 N–H and O–H groups in total. The lowest BCUT2D eigenvalue weighted by Crippen LogP contribution is -1.94. The zero-order valence-electron chi connectivity index (χ0n) is 23.7.